The minimum Gasteiger partial charge on any atom is -0.348 e. The van der Waals surface area contributed by atoms with Crippen molar-refractivity contribution in [3.8, 4) is 0 Å². The molecule has 2 aromatic rings. The van der Waals surface area contributed by atoms with Crippen LogP contribution in [-0.2, 0) is 26.1 Å². The lowest BCUT2D eigenvalue weighted by Crippen LogP contribution is -2.17. The zero-order valence-corrected chi connectivity index (χ0v) is 12.0. The van der Waals surface area contributed by atoms with Crippen LogP contribution in [0.15, 0.2) is 36.4 Å². The fourth-order valence-electron chi connectivity index (χ4n) is 2.79. The second-order valence-corrected chi connectivity index (χ2v) is 5.40. The summed E-state index contributed by atoms with van der Waals surface area (Å²) in [5, 5.41) is 0. The van der Waals surface area contributed by atoms with Crippen LogP contribution >= 0.6 is 0 Å². The number of benzene rings is 1. The highest BCUT2D eigenvalue weighted by Gasteiger charge is 2.20. The van der Waals surface area contributed by atoms with Crippen molar-refractivity contribution in [1.82, 2.24) is 4.98 Å². The van der Waals surface area contributed by atoms with Crippen molar-refractivity contribution in [2.24, 2.45) is 5.73 Å². The molecule has 0 spiro atoms. The summed E-state index contributed by atoms with van der Waals surface area (Å²) in [6, 6.07) is 12.9. The molecule has 3 heteroatoms. The molecule has 0 saturated heterocycles. The highest BCUT2D eigenvalue weighted by Crippen LogP contribution is 2.27. The van der Waals surface area contributed by atoms with E-state index in [1.54, 1.807) is 0 Å². The van der Waals surface area contributed by atoms with Gasteiger partial charge in [0.05, 0.1) is 0 Å². The molecule has 1 aromatic heterocycles. The molecule has 0 saturated carbocycles. The molecular weight excluding hydrogens is 246 g/mol. The summed E-state index contributed by atoms with van der Waals surface area (Å²) in [7, 11) is 0. The van der Waals surface area contributed by atoms with Gasteiger partial charge in [0.1, 0.15) is 5.82 Å². The fourth-order valence-corrected chi connectivity index (χ4v) is 2.79. The molecule has 3 rings (SSSR count). The Kier molecular flexibility index (Phi) is 3.70. The Balaban J connectivity index is 1.89. The van der Waals surface area contributed by atoms with Gasteiger partial charge in [0.15, 0.2) is 0 Å². The minimum atomic E-state index is 0.576. The highest BCUT2D eigenvalue weighted by molar-refractivity contribution is 5.49. The number of nitrogens with zero attached hydrogens (tertiary/aromatic N) is 2. The van der Waals surface area contributed by atoms with Gasteiger partial charge in [-0.3, -0.25) is 0 Å². The molecule has 20 heavy (non-hydrogen) atoms. The van der Waals surface area contributed by atoms with E-state index < -0.39 is 0 Å². The van der Waals surface area contributed by atoms with Crippen molar-refractivity contribution in [2.45, 2.75) is 39.4 Å². The number of aromatic nitrogens is 1. The SMILES string of the molecule is CCCc1cc(CN)cc(N2Cc3ccccc3C2)n1. The van der Waals surface area contributed by atoms with Crippen LogP contribution in [0.2, 0.25) is 0 Å². The average molecular weight is 267 g/mol. The first-order valence-corrected chi connectivity index (χ1v) is 7.31. The molecule has 0 unspecified atom stereocenters. The van der Waals surface area contributed by atoms with Gasteiger partial charge in [-0.2, -0.15) is 0 Å². The Morgan fingerprint density at radius 1 is 1.15 bits per heavy atom. The average Bonchev–Trinajstić information content (AvgIpc) is 2.91. The Morgan fingerprint density at radius 3 is 2.45 bits per heavy atom. The van der Waals surface area contributed by atoms with Crippen molar-refractivity contribution in [3.63, 3.8) is 0 Å². The number of fused-ring (bicyclic) bond motifs is 1. The summed E-state index contributed by atoms with van der Waals surface area (Å²) < 4.78 is 0. The van der Waals surface area contributed by atoms with E-state index in [4.69, 9.17) is 10.7 Å². The lowest BCUT2D eigenvalue weighted by atomic mass is 10.1. The van der Waals surface area contributed by atoms with Crippen LogP contribution in [0.5, 0.6) is 0 Å². The van der Waals surface area contributed by atoms with Crippen molar-refractivity contribution in [1.29, 1.82) is 0 Å². The number of anilines is 1. The largest absolute Gasteiger partial charge is 0.348 e. The van der Waals surface area contributed by atoms with Gasteiger partial charge < -0.3 is 10.6 Å². The van der Waals surface area contributed by atoms with Gasteiger partial charge in [0, 0.05) is 25.3 Å². The normalized spacial score (nSPS) is 13.6. The molecular formula is C17H21N3. The topological polar surface area (TPSA) is 42.1 Å². The molecule has 2 heterocycles. The lowest BCUT2D eigenvalue weighted by molar-refractivity contribution is 0.821. The predicted octanol–water partition coefficient (Wildman–Crippen LogP) is 3.01. The Bertz CT molecular complexity index is 582. The van der Waals surface area contributed by atoms with Gasteiger partial charge in [0.25, 0.3) is 0 Å². The zero-order valence-electron chi connectivity index (χ0n) is 12.0. The van der Waals surface area contributed by atoms with E-state index >= 15 is 0 Å². The molecule has 0 amide bonds. The molecule has 2 N–H and O–H groups in total. The van der Waals surface area contributed by atoms with E-state index in [0.29, 0.717) is 6.54 Å². The van der Waals surface area contributed by atoms with Crippen molar-refractivity contribution >= 4 is 5.82 Å². The predicted molar refractivity (Wildman–Crippen MR) is 82.5 cm³/mol. The zero-order chi connectivity index (χ0) is 13.9. The van der Waals surface area contributed by atoms with Crippen LogP contribution in [0, 0.1) is 0 Å². The summed E-state index contributed by atoms with van der Waals surface area (Å²) in [5.74, 6) is 1.06. The van der Waals surface area contributed by atoms with Crippen LogP contribution in [0.1, 0.15) is 35.7 Å². The van der Waals surface area contributed by atoms with E-state index in [2.05, 4.69) is 48.2 Å². The molecule has 0 aliphatic carbocycles. The van der Waals surface area contributed by atoms with Gasteiger partial charge in [-0.25, -0.2) is 4.98 Å². The third-order valence-electron chi connectivity index (χ3n) is 3.83. The van der Waals surface area contributed by atoms with E-state index in [9.17, 15) is 0 Å². The monoisotopic (exact) mass is 267 g/mol. The molecule has 104 valence electrons. The van der Waals surface area contributed by atoms with Gasteiger partial charge in [0.2, 0.25) is 0 Å². The Labute approximate surface area is 120 Å². The molecule has 0 atom stereocenters. The number of hydrogen-bond donors (Lipinski definition) is 1. The Hall–Kier alpha value is -1.87. The third kappa shape index (κ3) is 2.54. The highest BCUT2D eigenvalue weighted by atomic mass is 15.2. The second kappa shape index (κ2) is 5.63. The summed E-state index contributed by atoms with van der Waals surface area (Å²) in [4.78, 5) is 7.14. The van der Waals surface area contributed by atoms with Gasteiger partial charge in [-0.05, 0) is 35.2 Å². The van der Waals surface area contributed by atoms with Gasteiger partial charge >= 0.3 is 0 Å². The number of nitrogens with two attached hydrogens (primary N) is 1. The van der Waals surface area contributed by atoms with Crippen LogP contribution in [-0.4, -0.2) is 4.98 Å². The summed E-state index contributed by atoms with van der Waals surface area (Å²) in [6.07, 6.45) is 2.13. The van der Waals surface area contributed by atoms with Crippen LogP contribution in [0.4, 0.5) is 5.82 Å². The second-order valence-electron chi connectivity index (χ2n) is 5.40. The molecule has 1 aliphatic rings. The quantitative estimate of drug-likeness (QED) is 0.926. The summed E-state index contributed by atoms with van der Waals surface area (Å²) in [6.45, 7) is 4.65. The molecule has 0 bridgehead atoms. The van der Waals surface area contributed by atoms with E-state index in [1.807, 2.05) is 0 Å². The first-order valence-electron chi connectivity index (χ1n) is 7.31. The van der Waals surface area contributed by atoms with E-state index in [1.165, 1.54) is 16.7 Å². The fraction of sp³-hybridized carbons (Fsp3) is 0.353. The Morgan fingerprint density at radius 2 is 1.85 bits per heavy atom. The molecule has 1 aromatic carbocycles. The van der Waals surface area contributed by atoms with Crippen molar-refractivity contribution in [2.75, 3.05) is 4.90 Å². The lowest BCUT2D eigenvalue weighted by Gasteiger charge is -2.18. The van der Waals surface area contributed by atoms with E-state index in [0.717, 1.165) is 37.4 Å². The molecule has 0 radical (unpaired) electrons. The number of aryl methyl sites for hydroxylation is 1. The standard InChI is InChI=1S/C17H21N3/c1-2-5-16-8-13(10-18)9-17(19-16)20-11-14-6-3-4-7-15(14)12-20/h3-4,6-9H,2,5,10-12,18H2,1H3. The number of hydrogen-bond acceptors (Lipinski definition) is 3. The maximum Gasteiger partial charge on any atom is 0.129 e. The van der Waals surface area contributed by atoms with Gasteiger partial charge in [-0.15, -0.1) is 0 Å². The van der Waals surface area contributed by atoms with Crippen molar-refractivity contribution < 1.29 is 0 Å². The molecule has 1 aliphatic heterocycles. The number of rotatable bonds is 4. The molecule has 3 nitrogen and oxygen atoms in total. The van der Waals surface area contributed by atoms with E-state index in [-0.39, 0.29) is 0 Å². The third-order valence-corrected chi connectivity index (χ3v) is 3.83. The van der Waals surface area contributed by atoms with Crippen LogP contribution in [0.3, 0.4) is 0 Å². The van der Waals surface area contributed by atoms with Crippen LogP contribution < -0.4 is 10.6 Å². The van der Waals surface area contributed by atoms with Crippen LogP contribution in [0.25, 0.3) is 0 Å². The molecule has 0 fully saturated rings. The van der Waals surface area contributed by atoms with Gasteiger partial charge in [-0.1, -0.05) is 37.6 Å². The van der Waals surface area contributed by atoms with Crippen molar-refractivity contribution in [3.05, 3.63) is 58.8 Å². The number of pyridine rings is 1. The smallest absolute Gasteiger partial charge is 0.129 e. The summed E-state index contributed by atoms with van der Waals surface area (Å²) in [5.41, 5.74) is 11.0. The minimum absolute atomic E-state index is 0.576. The maximum absolute atomic E-state index is 5.82. The maximum atomic E-state index is 5.82. The first-order chi connectivity index (χ1) is 9.80. The summed E-state index contributed by atoms with van der Waals surface area (Å²) >= 11 is 0. The first kappa shape index (κ1) is 13.1.